The average molecular weight is 436 g/mol. The summed E-state index contributed by atoms with van der Waals surface area (Å²) in [4.78, 5) is 4.24. The highest BCUT2D eigenvalue weighted by Crippen LogP contribution is 2.34. The van der Waals surface area contributed by atoms with Crippen molar-refractivity contribution in [3.63, 3.8) is 0 Å². The van der Waals surface area contributed by atoms with Crippen molar-refractivity contribution in [3.05, 3.63) is 94.5 Å². The van der Waals surface area contributed by atoms with Crippen LogP contribution in [0.1, 0.15) is 21.7 Å². The van der Waals surface area contributed by atoms with Crippen LogP contribution in [0.3, 0.4) is 0 Å². The fourth-order valence-electron chi connectivity index (χ4n) is 2.93. The number of ether oxygens (including phenoxy) is 1. The number of hydrogen-bond acceptors (Lipinski definition) is 4. The number of allylic oxidation sites excluding steroid dienone is 1. The van der Waals surface area contributed by atoms with Crippen LogP contribution in [-0.2, 0) is 12.8 Å². The van der Waals surface area contributed by atoms with Crippen LogP contribution in [0.25, 0.3) is 21.9 Å². The molecule has 0 aliphatic rings. The smallest absolute Gasteiger partial charge is 0.416 e. The van der Waals surface area contributed by atoms with Crippen LogP contribution in [0, 0.1) is 11.3 Å². The Bertz CT molecular complexity index is 1270. The number of halogens is 3. The Balaban J connectivity index is 1.53. The summed E-state index contributed by atoms with van der Waals surface area (Å²) in [5.41, 5.74) is 1.57. The van der Waals surface area contributed by atoms with E-state index in [1.54, 1.807) is 18.2 Å². The highest BCUT2D eigenvalue weighted by Gasteiger charge is 2.30. The van der Waals surface area contributed by atoms with E-state index in [4.69, 9.17) is 4.74 Å². The molecule has 3 aromatic carbocycles. The first-order valence-electron chi connectivity index (χ1n) is 9.29. The van der Waals surface area contributed by atoms with Crippen molar-refractivity contribution >= 4 is 33.2 Å². The molecule has 0 amide bonds. The van der Waals surface area contributed by atoms with Crippen LogP contribution >= 0.6 is 11.3 Å². The van der Waals surface area contributed by atoms with Gasteiger partial charge in [-0.15, -0.1) is 11.3 Å². The quantitative estimate of drug-likeness (QED) is 0.318. The van der Waals surface area contributed by atoms with Crippen LogP contribution in [0.2, 0.25) is 0 Å². The topological polar surface area (TPSA) is 45.9 Å². The van der Waals surface area contributed by atoms with E-state index in [2.05, 4.69) is 11.1 Å². The first-order valence-corrected chi connectivity index (χ1v) is 10.1. The summed E-state index contributed by atoms with van der Waals surface area (Å²) < 4.78 is 45.1. The molecule has 0 saturated carbocycles. The van der Waals surface area contributed by atoms with Crippen molar-refractivity contribution < 1.29 is 17.9 Å². The largest absolute Gasteiger partial charge is 0.489 e. The predicted molar refractivity (Wildman–Crippen MR) is 115 cm³/mol. The Hall–Kier alpha value is -3.63. The molecular formula is C24H15F3N2OS. The van der Waals surface area contributed by atoms with Gasteiger partial charge in [-0.05, 0) is 47.5 Å². The first kappa shape index (κ1) is 20.6. The van der Waals surface area contributed by atoms with Gasteiger partial charge in [-0.2, -0.15) is 18.4 Å². The van der Waals surface area contributed by atoms with Gasteiger partial charge in [0.05, 0.1) is 21.4 Å². The number of rotatable bonds is 5. The average Bonchev–Trinajstić information content (AvgIpc) is 3.20. The van der Waals surface area contributed by atoms with Gasteiger partial charge in [0.15, 0.2) is 0 Å². The van der Waals surface area contributed by atoms with Gasteiger partial charge in [0.25, 0.3) is 0 Å². The molecule has 0 unspecified atom stereocenters. The Kier molecular flexibility index (Phi) is 5.74. The van der Waals surface area contributed by atoms with Crippen molar-refractivity contribution in [1.82, 2.24) is 4.98 Å². The van der Waals surface area contributed by atoms with Gasteiger partial charge < -0.3 is 4.74 Å². The molecule has 0 bridgehead atoms. The lowest BCUT2D eigenvalue weighted by Crippen LogP contribution is -2.03. The first-order chi connectivity index (χ1) is 14.9. The second kappa shape index (κ2) is 8.62. The van der Waals surface area contributed by atoms with Crippen LogP contribution in [0.15, 0.2) is 72.8 Å². The zero-order valence-corrected chi connectivity index (χ0v) is 16.9. The molecule has 0 saturated heterocycles. The summed E-state index contributed by atoms with van der Waals surface area (Å²) in [6, 6.07) is 22.5. The fraction of sp³-hybridized carbons (Fsp3) is 0.0833. The Labute approximate surface area is 180 Å². The third kappa shape index (κ3) is 4.93. The molecule has 0 N–H and O–H groups in total. The number of fused-ring (bicyclic) bond motifs is 1. The standard InChI is InChI=1S/C24H15F3N2OS/c25-24(26,27)19-8-11-22-21(13-19)29-23(31-22)18(14-28)12-16-6-9-20(10-7-16)30-15-17-4-2-1-3-5-17/h1-13H,15H2. The molecule has 31 heavy (non-hydrogen) atoms. The van der Waals surface area contributed by atoms with Gasteiger partial charge in [-0.25, -0.2) is 4.98 Å². The van der Waals surface area contributed by atoms with Crippen molar-refractivity contribution in [2.24, 2.45) is 0 Å². The minimum absolute atomic E-state index is 0.223. The highest BCUT2D eigenvalue weighted by molar-refractivity contribution is 7.19. The minimum Gasteiger partial charge on any atom is -0.489 e. The molecule has 0 radical (unpaired) electrons. The molecule has 1 aromatic heterocycles. The molecule has 0 aliphatic carbocycles. The normalized spacial score (nSPS) is 12.0. The molecule has 0 atom stereocenters. The molecule has 154 valence electrons. The van der Waals surface area contributed by atoms with Crippen LogP contribution in [0.4, 0.5) is 13.2 Å². The number of aromatic nitrogens is 1. The van der Waals surface area contributed by atoms with Crippen molar-refractivity contribution in [2.45, 2.75) is 12.8 Å². The summed E-state index contributed by atoms with van der Waals surface area (Å²) >= 11 is 1.18. The maximum Gasteiger partial charge on any atom is 0.416 e. The summed E-state index contributed by atoms with van der Waals surface area (Å²) in [7, 11) is 0. The monoisotopic (exact) mass is 436 g/mol. The summed E-state index contributed by atoms with van der Waals surface area (Å²) in [5.74, 6) is 0.694. The molecule has 7 heteroatoms. The van der Waals surface area contributed by atoms with Crippen LogP contribution in [-0.4, -0.2) is 4.98 Å². The van der Waals surface area contributed by atoms with E-state index >= 15 is 0 Å². The van der Waals surface area contributed by atoms with E-state index in [-0.39, 0.29) is 11.1 Å². The number of benzene rings is 3. The molecule has 0 fully saturated rings. The van der Waals surface area contributed by atoms with Crippen molar-refractivity contribution in [1.29, 1.82) is 5.26 Å². The van der Waals surface area contributed by atoms with Gasteiger partial charge in [0.1, 0.15) is 23.4 Å². The van der Waals surface area contributed by atoms with Gasteiger partial charge in [0.2, 0.25) is 0 Å². The van der Waals surface area contributed by atoms with Crippen LogP contribution in [0.5, 0.6) is 5.75 Å². The molecule has 4 aromatic rings. The van der Waals surface area contributed by atoms with E-state index in [0.717, 1.165) is 23.3 Å². The fourth-order valence-corrected chi connectivity index (χ4v) is 3.84. The summed E-state index contributed by atoms with van der Waals surface area (Å²) in [6.07, 6.45) is -2.78. The highest BCUT2D eigenvalue weighted by atomic mass is 32.1. The van der Waals surface area contributed by atoms with Gasteiger partial charge in [-0.1, -0.05) is 42.5 Å². The number of hydrogen-bond donors (Lipinski definition) is 0. The second-order valence-corrected chi connectivity index (χ2v) is 7.74. The lowest BCUT2D eigenvalue weighted by molar-refractivity contribution is -0.137. The van der Waals surface area contributed by atoms with E-state index in [0.29, 0.717) is 22.1 Å². The number of nitrogens with zero attached hydrogens (tertiary/aromatic N) is 2. The Morgan fingerprint density at radius 3 is 2.45 bits per heavy atom. The van der Waals surface area contributed by atoms with E-state index in [1.165, 1.54) is 17.4 Å². The summed E-state index contributed by atoms with van der Waals surface area (Å²) in [5, 5.41) is 9.93. The lowest BCUT2D eigenvalue weighted by atomic mass is 10.1. The summed E-state index contributed by atoms with van der Waals surface area (Å²) in [6.45, 7) is 0.449. The molecule has 0 spiro atoms. The zero-order chi connectivity index (χ0) is 21.8. The van der Waals surface area contributed by atoms with Gasteiger partial charge >= 0.3 is 6.18 Å². The van der Waals surface area contributed by atoms with E-state index < -0.39 is 11.7 Å². The maximum absolute atomic E-state index is 12.9. The van der Waals surface area contributed by atoms with Crippen LogP contribution < -0.4 is 4.74 Å². The Morgan fingerprint density at radius 1 is 1.03 bits per heavy atom. The number of nitriles is 1. The molecule has 0 aliphatic heterocycles. The minimum atomic E-state index is -4.43. The third-order valence-electron chi connectivity index (χ3n) is 4.51. The molecule has 1 heterocycles. The van der Waals surface area contributed by atoms with E-state index in [9.17, 15) is 18.4 Å². The zero-order valence-electron chi connectivity index (χ0n) is 16.1. The lowest BCUT2D eigenvalue weighted by Gasteiger charge is -2.06. The molecular weight excluding hydrogens is 421 g/mol. The van der Waals surface area contributed by atoms with Gasteiger partial charge in [-0.3, -0.25) is 0 Å². The molecule has 3 nitrogen and oxygen atoms in total. The van der Waals surface area contributed by atoms with Crippen molar-refractivity contribution in [2.75, 3.05) is 0 Å². The van der Waals surface area contributed by atoms with E-state index in [1.807, 2.05) is 42.5 Å². The Morgan fingerprint density at radius 2 is 1.77 bits per heavy atom. The molecule has 4 rings (SSSR count). The maximum atomic E-state index is 12.9. The number of alkyl halides is 3. The third-order valence-corrected chi connectivity index (χ3v) is 5.57. The van der Waals surface area contributed by atoms with Crippen molar-refractivity contribution in [3.8, 4) is 11.8 Å². The SMILES string of the molecule is N#CC(=Cc1ccc(OCc2ccccc2)cc1)c1nc2cc(C(F)(F)F)ccc2s1. The number of thiazole rings is 1. The predicted octanol–water partition coefficient (Wildman–Crippen LogP) is 6.96. The second-order valence-electron chi connectivity index (χ2n) is 6.71. The van der Waals surface area contributed by atoms with Gasteiger partial charge in [0, 0.05) is 0 Å².